The Balaban J connectivity index is 1.46. The molecular weight excluding hydrogens is 573 g/mol. The van der Waals surface area contributed by atoms with E-state index in [1.54, 1.807) is 0 Å². The first-order valence-corrected chi connectivity index (χ1v) is 16.1. The zero-order valence-corrected chi connectivity index (χ0v) is 25.3. The van der Waals surface area contributed by atoms with Crippen molar-refractivity contribution in [3.8, 4) is 11.4 Å². The molecule has 4 heteroatoms. The van der Waals surface area contributed by atoms with Gasteiger partial charge in [0.2, 0.25) is 0 Å². The molecule has 7 aromatic carbocycles. The molecule has 47 heavy (non-hydrogen) atoms. The number of hydrogen-bond acceptors (Lipinski definition) is 1. The largest absolute Gasteiger partial charge is 0.309 e. The molecule has 0 radical (unpaired) electrons. The van der Waals surface area contributed by atoms with E-state index in [1.807, 2.05) is 0 Å². The van der Waals surface area contributed by atoms with Crippen molar-refractivity contribution < 1.29 is 0 Å². The van der Waals surface area contributed by atoms with Crippen molar-refractivity contribution >= 4 is 82.0 Å². The van der Waals surface area contributed by atoms with Crippen molar-refractivity contribution in [3.05, 3.63) is 158 Å². The molecule has 0 bridgehead atoms. The molecule has 4 heterocycles. The number of benzene rings is 7. The minimum atomic E-state index is 0.974. The summed E-state index contributed by atoms with van der Waals surface area (Å²) in [6.45, 7) is 0. The van der Waals surface area contributed by atoms with E-state index in [4.69, 9.17) is 4.98 Å². The van der Waals surface area contributed by atoms with E-state index in [-0.39, 0.29) is 0 Å². The van der Waals surface area contributed by atoms with Crippen molar-refractivity contribution in [2.24, 2.45) is 0 Å². The second-order valence-corrected chi connectivity index (χ2v) is 12.4. The first kappa shape index (κ1) is 24.9. The van der Waals surface area contributed by atoms with Gasteiger partial charge in [-0.05, 0) is 66.7 Å². The van der Waals surface area contributed by atoms with E-state index in [0.29, 0.717) is 0 Å². The summed E-state index contributed by atoms with van der Waals surface area (Å²) in [7, 11) is 0. The van der Waals surface area contributed by atoms with Gasteiger partial charge >= 0.3 is 0 Å². The van der Waals surface area contributed by atoms with Crippen LogP contribution in [0.25, 0.3) is 93.3 Å². The molecule has 0 aliphatic carbocycles. The summed E-state index contributed by atoms with van der Waals surface area (Å²) in [5, 5.41) is 8.55. The van der Waals surface area contributed by atoms with Gasteiger partial charge in [-0.15, -0.1) is 0 Å². The Bertz CT molecular complexity index is 3050. The highest BCUT2D eigenvalue weighted by Gasteiger charge is 2.22. The zero-order chi connectivity index (χ0) is 30.6. The lowest BCUT2D eigenvalue weighted by Gasteiger charge is -2.15. The number of nitrogens with zero attached hydrogens (tertiary/aromatic N) is 4. The van der Waals surface area contributed by atoms with Gasteiger partial charge in [-0.1, -0.05) is 91.0 Å². The Morgan fingerprint density at radius 3 is 1.68 bits per heavy atom. The first-order chi connectivity index (χ1) is 23.3. The minimum Gasteiger partial charge on any atom is -0.309 e. The molecule has 11 aromatic rings. The molecule has 11 rings (SSSR count). The Morgan fingerprint density at radius 1 is 0.362 bits per heavy atom. The Hall–Kier alpha value is -6.39. The van der Waals surface area contributed by atoms with E-state index in [0.717, 1.165) is 39.0 Å². The van der Waals surface area contributed by atoms with Crippen molar-refractivity contribution in [2.75, 3.05) is 0 Å². The van der Waals surface area contributed by atoms with Crippen LogP contribution >= 0.6 is 0 Å². The maximum Gasteiger partial charge on any atom is 0.146 e. The highest BCUT2D eigenvalue weighted by molar-refractivity contribution is 6.30. The fourth-order valence-corrected chi connectivity index (χ4v) is 8.06. The monoisotopic (exact) mass is 598 g/mol. The molecule has 0 saturated heterocycles. The summed E-state index contributed by atoms with van der Waals surface area (Å²) in [5.74, 6) is 0. The van der Waals surface area contributed by atoms with Gasteiger partial charge in [-0.2, -0.15) is 0 Å². The molecule has 0 saturated carbocycles. The van der Waals surface area contributed by atoms with Crippen LogP contribution < -0.4 is 0 Å². The predicted octanol–water partition coefficient (Wildman–Crippen LogP) is 11.0. The summed E-state index contributed by atoms with van der Waals surface area (Å²) in [5.41, 5.74) is 11.3. The van der Waals surface area contributed by atoms with Crippen LogP contribution in [0.5, 0.6) is 0 Å². The molecule has 0 aliphatic rings. The third kappa shape index (κ3) is 3.23. The normalized spacial score (nSPS) is 12.3. The molecule has 0 fully saturated rings. The summed E-state index contributed by atoms with van der Waals surface area (Å²) >= 11 is 0. The van der Waals surface area contributed by atoms with Crippen molar-refractivity contribution in [2.45, 2.75) is 0 Å². The van der Waals surface area contributed by atoms with Gasteiger partial charge in [0.05, 0.1) is 38.6 Å². The average Bonchev–Trinajstić information content (AvgIpc) is 3.79. The number of pyridine rings is 1. The molecule has 218 valence electrons. The molecule has 0 atom stereocenters. The van der Waals surface area contributed by atoms with Crippen LogP contribution in [0.2, 0.25) is 0 Å². The van der Waals surface area contributed by atoms with Gasteiger partial charge in [0, 0.05) is 49.1 Å². The fraction of sp³-hybridized carbons (Fsp3) is 0. The van der Waals surface area contributed by atoms with Gasteiger partial charge in [-0.25, -0.2) is 4.98 Å². The SMILES string of the molecule is c1ccc(-n2c3ccccc3c3cc4c5c(ccc6c7ccccc7n(-c7ccccc7)c65)c5nc6ccccc6n5c4cc32)cc1. The molecule has 0 unspecified atom stereocenters. The second kappa shape index (κ2) is 9.09. The lowest BCUT2D eigenvalue weighted by atomic mass is 10.00. The molecule has 0 aliphatic heterocycles. The second-order valence-electron chi connectivity index (χ2n) is 12.4. The Morgan fingerprint density at radius 2 is 0.936 bits per heavy atom. The zero-order valence-electron chi connectivity index (χ0n) is 25.3. The summed E-state index contributed by atoms with van der Waals surface area (Å²) < 4.78 is 7.23. The smallest absolute Gasteiger partial charge is 0.146 e. The van der Waals surface area contributed by atoms with Gasteiger partial charge < -0.3 is 9.13 Å². The van der Waals surface area contributed by atoms with Crippen molar-refractivity contribution in [3.63, 3.8) is 0 Å². The van der Waals surface area contributed by atoms with Crippen LogP contribution in [0.4, 0.5) is 0 Å². The van der Waals surface area contributed by atoms with Crippen LogP contribution in [0.3, 0.4) is 0 Å². The van der Waals surface area contributed by atoms with Gasteiger partial charge in [0.25, 0.3) is 0 Å². The minimum absolute atomic E-state index is 0.974. The van der Waals surface area contributed by atoms with Gasteiger partial charge in [-0.3, -0.25) is 4.40 Å². The highest BCUT2D eigenvalue weighted by atomic mass is 15.0. The maximum atomic E-state index is 5.31. The molecular formula is C43H26N4. The lowest BCUT2D eigenvalue weighted by Crippen LogP contribution is -1.98. The molecule has 0 spiro atoms. The van der Waals surface area contributed by atoms with E-state index in [1.165, 1.54) is 54.4 Å². The van der Waals surface area contributed by atoms with Crippen LogP contribution in [-0.4, -0.2) is 18.5 Å². The number of hydrogen-bond donors (Lipinski definition) is 0. The third-order valence-electron chi connectivity index (χ3n) is 9.97. The van der Waals surface area contributed by atoms with E-state index in [2.05, 4.69) is 171 Å². The molecule has 4 nitrogen and oxygen atoms in total. The third-order valence-corrected chi connectivity index (χ3v) is 9.97. The average molecular weight is 599 g/mol. The lowest BCUT2D eigenvalue weighted by molar-refractivity contribution is 1.18. The summed E-state index contributed by atoms with van der Waals surface area (Å²) in [4.78, 5) is 5.31. The van der Waals surface area contributed by atoms with Crippen molar-refractivity contribution in [1.82, 2.24) is 18.5 Å². The summed E-state index contributed by atoms with van der Waals surface area (Å²) in [6.07, 6.45) is 0. The maximum absolute atomic E-state index is 5.31. The van der Waals surface area contributed by atoms with Crippen LogP contribution in [-0.2, 0) is 0 Å². The number of fused-ring (bicyclic) bond motifs is 15. The van der Waals surface area contributed by atoms with E-state index in [9.17, 15) is 0 Å². The molecule has 0 N–H and O–H groups in total. The fourth-order valence-electron chi connectivity index (χ4n) is 8.06. The van der Waals surface area contributed by atoms with E-state index < -0.39 is 0 Å². The summed E-state index contributed by atoms with van der Waals surface area (Å²) in [6, 6.07) is 56.9. The van der Waals surface area contributed by atoms with Crippen LogP contribution in [0.1, 0.15) is 0 Å². The molecule has 0 amide bonds. The van der Waals surface area contributed by atoms with Crippen molar-refractivity contribution in [1.29, 1.82) is 0 Å². The topological polar surface area (TPSA) is 27.2 Å². The standard InChI is InChI=1S/C43H26N4/c1-3-13-27(14-4-1)45-36-20-10-8-18-30(36)33-25-34-40(26-39(33)45)47-38-22-12-9-19-35(38)44-43(47)32-24-23-31-29-17-7-11-21-37(29)46(42(31)41(32)34)28-15-5-2-6-16-28/h1-26H. The quantitative estimate of drug-likeness (QED) is 0.182. The number of rotatable bonds is 2. The van der Waals surface area contributed by atoms with Crippen LogP contribution in [0.15, 0.2) is 158 Å². The number of para-hydroxylation sites is 6. The number of aromatic nitrogens is 4. The molecule has 4 aromatic heterocycles. The predicted molar refractivity (Wildman–Crippen MR) is 196 cm³/mol. The Kier molecular flexibility index (Phi) is 4.81. The first-order valence-electron chi connectivity index (χ1n) is 16.1. The van der Waals surface area contributed by atoms with Crippen LogP contribution in [0, 0.1) is 0 Å². The van der Waals surface area contributed by atoms with Gasteiger partial charge in [0.1, 0.15) is 5.65 Å². The Labute approximate surface area is 268 Å². The van der Waals surface area contributed by atoms with Gasteiger partial charge in [0.15, 0.2) is 0 Å². The number of imidazole rings is 1. The highest BCUT2D eigenvalue weighted by Crippen LogP contribution is 2.44. The van der Waals surface area contributed by atoms with E-state index >= 15 is 0 Å².